The van der Waals surface area contributed by atoms with Crippen molar-refractivity contribution in [2.75, 3.05) is 26.7 Å². The zero-order chi connectivity index (χ0) is 16.4. The topological polar surface area (TPSA) is 15.7 Å². The summed E-state index contributed by atoms with van der Waals surface area (Å²) in [5, 5.41) is 0. The Hall–Kier alpha value is -0.900. The van der Waals surface area contributed by atoms with Gasteiger partial charge in [0.25, 0.3) is 0 Å². The van der Waals surface area contributed by atoms with Crippen molar-refractivity contribution in [3.05, 3.63) is 35.9 Å². The summed E-state index contributed by atoms with van der Waals surface area (Å²) in [6, 6.07) is 12.3. The van der Waals surface area contributed by atoms with E-state index in [0.717, 1.165) is 19.2 Å². The number of hydrogen-bond acceptors (Lipinski definition) is 3. The molecule has 1 aromatic carbocycles. The molecule has 132 valence electrons. The van der Waals surface area contributed by atoms with E-state index in [2.05, 4.69) is 47.2 Å². The minimum Gasteiger partial charge on any atom is -0.375 e. The molecule has 3 fully saturated rings. The molecule has 0 N–H and O–H groups in total. The normalized spacial score (nSPS) is 34.4. The Balaban J connectivity index is 1.51. The first-order valence-electron chi connectivity index (χ1n) is 9.88. The second-order valence-corrected chi connectivity index (χ2v) is 8.16. The van der Waals surface area contributed by atoms with Gasteiger partial charge in [0.1, 0.15) is 0 Å². The van der Waals surface area contributed by atoms with Gasteiger partial charge >= 0.3 is 0 Å². The average molecular weight is 329 g/mol. The number of likely N-dealkylation sites (N-methyl/N-ethyl adjacent to an activating group) is 1. The Morgan fingerprint density at radius 1 is 1.12 bits per heavy atom. The maximum absolute atomic E-state index is 6.28. The predicted molar refractivity (Wildman–Crippen MR) is 98.1 cm³/mol. The highest BCUT2D eigenvalue weighted by Gasteiger charge is 2.46. The molecule has 0 unspecified atom stereocenters. The Labute approximate surface area is 147 Å². The quantitative estimate of drug-likeness (QED) is 0.838. The molecule has 1 saturated carbocycles. The minimum atomic E-state index is 0.186. The smallest absolute Gasteiger partial charge is 0.0699 e. The first-order valence-corrected chi connectivity index (χ1v) is 9.88. The van der Waals surface area contributed by atoms with Crippen LogP contribution in [0.5, 0.6) is 0 Å². The van der Waals surface area contributed by atoms with Crippen LogP contribution in [-0.4, -0.2) is 54.2 Å². The third kappa shape index (κ3) is 3.40. The third-order valence-electron chi connectivity index (χ3n) is 6.56. The van der Waals surface area contributed by atoms with Crippen LogP contribution in [0, 0.1) is 0 Å². The summed E-state index contributed by atoms with van der Waals surface area (Å²) in [4.78, 5) is 5.38. The van der Waals surface area contributed by atoms with E-state index < -0.39 is 0 Å². The van der Waals surface area contributed by atoms with Crippen LogP contribution in [0.15, 0.2) is 30.3 Å². The van der Waals surface area contributed by atoms with Gasteiger partial charge in [-0.3, -0.25) is 9.80 Å². The van der Waals surface area contributed by atoms with Gasteiger partial charge in [-0.2, -0.15) is 0 Å². The standard InChI is InChI=1S/C21H32N2O/c1-22(17-18-8-3-2-4-9-18)20-16-21(11-7-15-24-21)12-10-19(20)23-13-5-6-14-23/h2-4,8-9,19-20H,5-7,10-17H2,1H3/t19-,20-,21+/m0/s1. The van der Waals surface area contributed by atoms with Crippen LogP contribution in [0.25, 0.3) is 0 Å². The van der Waals surface area contributed by atoms with Crippen molar-refractivity contribution in [1.82, 2.24) is 9.80 Å². The minimum absolute atomic E-state index is 0.186. The van der Waals surface area contributed by atoms with Crippen molar-refractivity contribution in [2.45, 2.75) is 69.2 Å². The van der Waals surface area contributed by atoms with Crippen LogP contribution in [0.2, 0.25) is 0 Å². The van der Waals surface area contributed by atoms with E-state index >= 15 is 0 Å². The molecule has 2 heterocycles. The fourth-order valence-corrected chi connectivity index (χ4v) is 5.27. The fraction of sp³-hybridized carbons (Fsp3) is 0.714. The Kier molecular flexibility index (Phi) is 4.93. The highest BCUT2D eigenvalue weighted by atomic mass is 16.5. The largest absolute Gasteiger partial charge is 0.375 e. The summed E-state index contributed by atoms with van der Waals surface area (Å²) in [6.07, 6.45) is 9.09. The van der Waals surface area contributed by atoms with Crippen LogP contribution in [0.3, 0.4) is 0 Å². The number of rotatable bonds is 4. The van der Waals surface area contributed by atoms with Gasteiger partial charge in [-0.25, -0.2) is 0 Å². The lowest BCUT2D eigenvalue weighted by atomic mass is 9.76. The van der Waals surface area contributed by atoms with E-state index in [0.29, 0.717) is 6.04 Å². The van der Waals surface area contributed by atoms with E-state index in [1.54, 1.807) is 0 Å². The van der Waals surface area contributed by atoms with Crippen molar-refractivity contribution < 1.29 is 4.74 Å². The number of likely N-dealkylation sites (tertiary alicyclic amines) is 1. The highest BCUT2D eigenvalue weighted by Crippen LogP contribution is 2.42. The molecular formula is C21H32N2O. The van der Waals surface area contributed by atoms with Crippen molar-refractivity contribution >= 4 is 0 Å². The zero-order valence-electron chi connectivity index (χ0n) is 15.1. The summed E-state index contributed by atoms with van der Waals surface area (Å²) in [6.45, 7) is 4.62. The van der Waals surface area contributed by atoms with Gasteiger partial charge < -0.3 is 4.74 Å². The number of benzene rings is 1. The van der Waals surface area contributed by atoms with Gasteiger partial charge in [-0.1, -0.05) is 30.3 Å². The maximum Gasteiger partial charge on any atom is 0.0699 e. The summed E-state index contributed by atoms with van der Waals surface area (Å²) in [5.41, 5.74) is 1.61. The summed E-state index contributed by atoms with van der Waals surface area (Å²) in [5.74, 6) is 0. The first kappa shape index (κ1) is 16.6. The molecule has 0 amide bonds. The van der Waals surface area contributed by atoms with Crippen LogP contribution in [0.1, 0.15) is 50.5 Å². The van der Waals surface area contributed by atoms with E-state index in [1.165, 1.54) is 63.6 Å². The summed E-state index contributed by atoms with van der Waals surface area (Å²) < 4.78 is 6.28. The van der Waals surface area contributed by atoms with E-state index in [9.17, 15) is 0 Å². The molecule has 3 heteroatoms. The number of nitrogens with zero attached hydrogens (tertiary/aromatic N) is 2. The molecule has 1 spiro atoms. The molecule has 0 bridgehead atoms. The van der Waals surface area contributed by atoms with E-state index in [1.807, 2.05) is 0 Å². The monoisotopic (exact) mass is 328 g/mol. The Bertz CT molecular complexity index is 520. The Morgan fingerprint density at radius 3 is 2.62 bits per heavy atom. The molecule has 3 aliphatic rings. The van der Waals surface area contributed by atoms with Crippen LogP contribution in [0.4, 0.5) is 0 Å². The first-order chi connectivity index (χ1) is 11.8. The van der Waals surface area contributed by atoms with Gasteiger partial charge in [0.15, 0.2) is 0 Å². The molecule has 1 aromatic rings. The Morgan fingerprint density at radius 2 is 1.92 bits per heavy atom. The molecule has 3 nitrogen and oxygen atoms in total. The lowest BCUT2D eigenvalue weighted by Gasteiger charge is -2.48. The second-order valence-electron chi connectivity index (χ2n) is 8.16. The second kappa shape index (κ2) is 7.15. The van der Waals surface area contributed by atoms with Crippen molar-refractivity contribution in [2.24, 2.45) is 0 Å². The van der Waals surface area contributed by atoms with Gasteiger partial charge in [0.2, 0.25) is 0 Å². The van der Waals surface area contributed by atoms with Crippen molar-refractivity contribution in [3.8, 4) is 0 Å². The van der Waals surface area contributed by atoms with Crippen LogP contribution < -0.4 is 0 Å². The molecule has 1 aliphatic carbocycles. The lowest BCUT2D eigenvalue weighted by Crippen LogP contribution is -2.56. The molecule has 3 atom stereocenters. The van der Waals surface area contributed by atoms with Gasteiger partial charge in [-0.15, -0.1) is 0 Å². The predicted octanol–water partition coefficient (Wildman–Crippen LogP) is 3.68. The van der Waals surface area contributed by atoms with Crippen LogP contribution >= 0.6 is 0 Å². The zero-order valence-corrected chi connectivity index (χ0v) is 15.1. The molecule has 24 heavy (non-hydrogen) atoms. The number of hydrogen-bond donors (Lipinski definition) is 0. The summed E-state index contributed by atoms with van der Waals surface area (Å²) in [7, 11) is 2.33. The molecule has 2 aliphatic heterocycles. The van der Waals surface area contributed by atoms with E-state index in [-0.39, 0.29) is 5.60 Å². The summed E-state index contributed by atoms with van der Waals surface area (Å²) >= 11 is 0. The fourth-order valence-electron chi connectivity index (χ4n) is 5.27. The SMILES string of the molecule is CN(Cc1ccccc1)[C@H]1C[C@@]2(CCCO2)CC[C@@H]1N1CCCC1. The van der Waals surface area contributed by atoms with Crippen molar-refractivity contribution in [3.63, 3.8) is 0 Å². The van der Waals surface area contributed by atoms with Crippen LogP contribution in [-0.2, 0) is 11.3 Å². The number of ether oxygens (including phenoxy) is 1. The average Bonchev–Trinajstić information content (AvgIpc) is 3.28. The van der Waals surface area contributed by atoms with Crippen molar-refractivity contribution in [1.29, 1.82) is 0 Å². The molecule has 2 saturated heterocycles. The third-order valence-corrected chi connectivity index (χ3v) is 6.56. The lowest BCUT2D eigenvalue weighted by molar-refractivity contribution is -0.0734. The molecule has 4 rings (SSSR count). The highest BCUT2D eigenvalue weighted by molar-refractivity contribution is 5.15. The maximum atomic E-state index is 6.28. The van der Waals surface area contributed by atoms with Gasteiger partial charge in [0, 0.05) is 25.2 Å². The van der Waals surface area contributed by atoms with E-state index in [4.69, 9.17) is 4.74 Å². The molecular weight excluding hydrogens is 296 g/mol. The van der Waals surface area contributed by atoms with Gasteiger partial charge in [0.05, 0.1) is 5.60 Å². The van der Waals surface area contributed by atoms with Gasteiger partial charge in [-0.05, 0) is 70.6 Å². The molecule has 0 radical (unpaired) electrons. The molecule has 0 aromatic heterocycles.